The van der Waals surface area contributed by atoms with Crippen LogP contribution in [0.1, 0.15) is 33.1 Å². The lowest BCUT2D eigenvalue weighted by atomic mass is 9.62. The lowest BCUT2D eigenvalue weighted by molar-refractivity contribution is -0.116. The molecule has 0 radical (unpaired) electrons. The van der Waals surface area contributed by atoms with Crippen LogP contribution in [0, 0.1) is 5.41 Å². The fourth-order valence-corrected chi connectivity index (χ4v) is 3.56. The quantitative estimate of drug-likeness (QED) is 0.549. The Bertz CT molecular complexity index is 376. The van der Waals surface area contributed by atoms with Crippen molar-refractivity contribution < 1.29 is 9.47 Å². The molecule has 0 N–H and O–H groups in total. The third-order valence-electron chi connectivity index (χ3n) is 4.42. The molecular formula is C16H23ClO2. The molecule has 0 aliphatic heterocycles. The number of benzene rings is 1. The molecule has 1 fully saturated rings. The Kier molecular flexibility index (Phi) is 5.12. The van der Waals surface area contributed by atoms with Crippen LogP contribution in [0.15, 0.2) is 30.3 Å². The number of halogens is 1. The molecule has 2 rings (SSSR count). The third-order valence-corrected chi connectivity index (χ3v) is 5.03. The van der Waals surface area contributed by atoms with E-state index in [1.165, 1.54) is 0 Å². The minimum atomic E-state index is 0.175. The van der Waals surface area contributed by atoms with Gasteiger partial charge in [0.25, 0.3) is 0 Å². The summed E-state index contributed by atoms with van der Waals surface area (Å²) in [4.78, 5) is 0. The summed E-state index contributed by atoms with van der Waals surface area (Å²) in [5, 5.41) is 0.266. The van der Waals surface area contributed by atoms with E-state index in [-0.39, 0.29) is 10.8 Å². The molecule has 0 heterocycles. The molecule has 19 heavy (non-hydrogen) atoms. The highest BCUT2D eigenvalue weighted by molar-refractivity contribution is 6.21. The predicted molar refractivity (Wildman–Crippen MR) is 79.0 cm³/mol. The van der Waals surface area contributed by atoms with Crippen molar-refractivity contribution in [1.82, 2.24) is 0 Å². The molecule has 1 aromatic rings. The number of alkyl halides is 1. The van der Waals surface area contributed by atoms with E-state index in [2.05, 4.69) is 13.8 Å². The van der Waals surface area contributed by atoms with Gasteiger partial charge in [0, 0.05) is 10.8 Å². The minimum absolute atomic E-state index is 0.175. The van der Waals surface area contributed by atoms with Gasteiger partial charge < -0.3 is 9.47 Å². The van der Waals surface area contributed by atoms with Crippen LogP contribution in [0.4, 0.5) is 0 Å². The van der Waals surface area contributed by atoms with Gasteiger partial charge >= 0.3 is 0 Å². The Morgan fingerprint density at radius 2 is 1.84 bits per heavy atom. The first-order valence-electron chi connectivity index (χ1n) is 7.16. The second kappa shape index (κ2) is 6.62. The van der Waals surface area contributed by atoms with E-state index in [1.807, 2.05) is 30.3 Å². The van der Waals surface area contributed by atoms with Gasteiger partial charge in [-0.2, -0.15) is 0 Å². The number of ether oxygens (including phenoxy) is 2. The average Bonchev–Trinajstić information content (AvgIpc) is 2.45. The average molecular weight is 283 g/mol. The van der Waals surface area contributed by atoms with Crippen LogP contribution in [0.3, 0.4) is 0 Å². The SMILES string of the molecule is CCC1(CC)C(Cl)CC1OCCOc1ccccc1. The van der Waals surface area contributed by atoms with Gasteiger partial charge in [-0.3, -0.25) is 0 Å². The first-order valence-corrected chi connectivity index (χ1v) is 7.60. The largest absolute Gasteiger partial charge is 0.491 e. The van der Waals surface area contributed by atoms with E-state index < -0.39 is 0 Å². The smallest absolute Gasteiger partial charge is 0.119 e. The summed E-state index contributed by atoms with van der Waals surface area (Å²) in [6, 6.07) is 9.84. The number of rotatable bonds is 7. The van der Waals surface area contributed by atoms with Gasteiger partial charge in [-0.25, -0.2) is 0 Å². The van der Waals surface area contributed by atoms with Crippen molar-refractivity contribution in [2.45, 2.75) is 44.6 Å². The van der Waals surface area contributed by atoms with Crippen molar-refractivity contribution in [3.63, 3.8) is 0 Å². The fraction of sp³-hybridized carbons (Fsp3) is 0.625. The highest BCUT2D eigenvalue weighted by atomic mass is 35.5. The van der Waals surface area contributed by atoms with E-state index in [9.17, 15) is 0 Å². The molecule has 0 saturated heterocycles. The highest BCUT2D eigenvalue weighted by Crippen LogP contribution is 2.51. The maximum Gasteiger partial charge on any atom is 0.119 e. The topological polar surface area (TPSA) is 18.5 Å². The van der Waals surface area contributed by atoms with Crippen LogP contribution in [0.5, 0.6) is 5.75 Å². The van der Waals surface area contributed by atoms with Gasteiger partial charge in [0.2, 0.25) is 0 Å². The molecule has 2 unspecified atom stereocenters. The summed E-state index contributed by atoms with van der Waals surface area (Å²) in [6.07, 6.45) is 3.43. The monoisotopic (exact) mass is 282 g/mol. The first-order chi connectivity index (χ1) is 9.23. The van der Waals surface area contributed by atoms with Gasteiger partial charge in [-0.1, -0.05) is 32.0 Å². The Morgan fingerprint density at radius 3 is 2.42 bits per heavy atom. The van der Waals surface area contributed by atoms with E-state index in [4.69, 9.17) is 21.1 Å². The van der Waals surface area contributed by atoms with Crippen LogP contribution >= 0.6 is 11.6 Å². The molecule has 0 bridgehead atoms. The van der Waals surface area contributed by atoms with Crippen molar-refractivity contribution in [3.05, 3.63) is 30.3 Å². The minimum Gasteiger partial charge on any atom is -0.491 e. The van der Waals surface area contributed by atoms with Crippen molar-refractivity contribution in [1.29, 1.82) is 0 Å². The molecule has 106 valence electrons. The van der Waals surface area contributed by atoms with Gasteiger partial charge in [-0.05, 0) is 31.4 Å². The summed E-state index contributed by atoms with van der Waals surface area (Å²) in [6.45, 7) is 5.63. The zero-order valence-electron chi connectivity index (χ0n) is 11.8. The zero-order valence-corrected chi connectivity index (χ0v) is 12.5. The summed E-state index contributed by atoms with van der Waals surface area (Å²) < 4.78 is 11.6. The second-order valence-corrected chi connectivity index (χ2v) is 5.69. The molecule has 1 aromatic carbocycles. The molecule has 2 atom stereocenters. The number of hydrogen-bond donors (Lipinski definition) is 0. The fourth-order valence-electron chi connectivity index (χ4n) is 2.95. The van der Waals surface area contributed by atoms with Crippen molar-refractivity contribution >= 4 is 11.6 Å². The molecule has 3 heteroatoms. The Hall–Kier alpha value is -0.730. The van der Waals surface area contributed by atoms with E-state index in [0.29, 0.717) is 19.3 Å². The molecule has 0 amide bonds. The van der Waals surface area contributed by atoms with Gasteiger partial charge in [-0.15, -0.1) is 11.6 Å². The molecule has 1 aliphatic carbocycles. The lowest BCUT2D eigenvalue weighted by Gasteiger charge is -2.52. The van der Waals surface area contributed by atoms with E-state index in [1.54, 1.807) is 0 Å². The maximum absolute atomic E-state index is 6.36. The molecular weight excluding hydrogens is 260 g/mol. The zero-order chi connectivity index (χ0) is 13.7. The van der Waals surface area contributed by atoms with Gasteiger partial charge in [0.1, 0.15) is 12.4 Å². The van der Waals surface area contributed by atoms with Gasteiger partial charge in [0.15, 0.2) is 0 Å². The molecule has 0 spiro atoms. The Balaban J connectivity index is 1.72. The summed E-state index contributed by atoms with van der Waals surface area (Å²) >= 11 is 6.36. The summed E-state index contributed by atoms with van der Waals surface area (Å²) in [5.41, 5.74) is 0.175. The molecule has 0 aromatic heterocycles. The normalized spacial score (nSPS) is 24.8. The van der Waals surface area contributed by atoms with E-state index in [0.717, 1.165) is 25.0 Å². The highest BCUT2D eigenvalue weighted by Gasteiger charge is 2.52. The van der Waals surface area contributed by atoms with Crippen molar-refractivity contribution in [2.75, 3.05) is 13.2 Å². The molecule has 1 aliphatic rings. The predicted octanol–water partition coefficient (Wildman–Crippen LogP) is 4.27. The second-order valence-electron chi connectivity index (χ2n) is 5.16. The maximum atomic E-state index is 6.36. The summed E-state index contributed by atoms with van der Waals surface area (Å²) in [5.74, 6) is 0.896. The Labute approximate surface area is 121 Å². The van der Waals surface area contributed by atoms with Crippen LogP contribution in [-0.2, 0) is 4.74 Å². The number of para-hydroxylation sites is 1. The first kappa shape index (κ1) is 14.7. The van der Waals surface area contributed by atoms with Crippen LogP contribution in [0.25, 0.3) is 0 Å². The van der Waals surface area contributed by atoms with Crippen LogP contribution < -0.4 is 4.74 Å². The third kappa shape index (κ3) is 3.06. The van der Waals surface area contributed by atoms with Crippen molar-refractivity contribution in [3.8, 4) is 5.75 Å². The standard InChI is InChI=1S/C16H23ClO2/c1-3-16(4-2)14(17)12-15(16)19-11-10-18-13-8-6-5-7-9-13/h5-9,14-15H,3-4,10-12H2,1-2H3. The van der Waals surface area contributed by atoms with Crippen LogP contribution in [0.2, 0.25) is 0 Å². The Morgan fingerprint density at radius 1 is 1.16 bits per heavy atom. The van der Waals surface area contributed by atoms with Crippen molar-refractivity contribution in [2.24, 2.45) is 5.41 Å². The van der Waals surface area contributed by atoms with E-state index >= 15 is 0 Å². The molecule has 1 saturated carbocycles. The van der Waals surface area contributed by atoms with Crippen LogP contribution in [-0.4, -0.2) is 24.7 Å². The number of hydrogen-bond acceptors (Lipinski definition) is 2. The lowest BCUT2D eigenvalue weighted by Crippen LogP contribution is -2.55. The van der Waals surface area contributed by atoms with Gasteiger partial charge in [0.05, 0.1) is 12.7 Å². The molecule has 2 nitrogen and oxygen atoms in total. The summed E-state index contributed by atoms with van der Waals surface area (Å²) in [7, 11) is 0.